The standard InChI is InChI=1S/C66H37BN2O2S2/c1-3-16-38(17-4-1)40-30-32-44-42-20-7-11-26-52(42)70-65(44)61(40)68-50-24-15-25-51-60(50)67(48-34-36-56-58(63(48)68)46-22-9-13-28-54(46)72-56)49-35-37-57-59(47-23-10-14-29-55(47)73-57)64(49)69(51)62-41(39-18-5-2-6-19-39)31-33-45-43-21-8-12-27-53(43)71-66(45)62/h1-37H. The summed E-state index contributed by atoms with van der Waals surface area (Å²) in [5.41, 5.74) is 18.3. The highest BCUT2D eigenvalue weighted by Crippen LogP contribution is 2.56. The molecule has 0 spiro atoms. The highest BCUT2D eigenvalue weighted by atomic mass is 32.1. The molecule has 0 atom stereocenters. The van der Waals surface area contributed by atoms with Crippen LogP contribution in [0, 0.1) is 0 Å². The van der Waals surface area contributed by atoms with Gasteiger partial charge in [0, 0.05) is 84.4 Å². The predicted octanol–water partition coefficient (Wildman–Crippen LogP) is 17.6. The van der Waals surface area contributed by atoms with Crippen molar-refractivity contribution in [3.8, 4) is 22.3 Å². The highest BCUT2D eigenvalue weighted by Gasteiger charge is 2.46. The van der Waals surface area contributed by atoms with Gasteiger partial charge in [-0.1, -0.05) is 164 Å². The van der Waals surface area contributed by atoms with Crippen molar-refractivity contribution in [3.63, 3.8) is 0 Å². The number of nitrogens with zero attached hydrogens (tertiary/aromatic N) is 2. The average Bonchev–Trinajstić information content (AvgIpc) is 4.24. The van der Waals surface area contributed by atoms with Crippen LogP contribution in [0.2, 0.25) is 0 Å². The van der Waals surface area contributed by atoms with Gasteiger partial charge < -0.3 is 18.6 Å². The van der Waals surface area contributed by atoms with Crippen molar-refractivity contribution in [2.24, 2.45) is 0 Å². The van der Waals surface area contributed by atoms with Crippen molar-refractivity contribution in [1.29, 1.82) is 0 Å². The van der Waals surface area contributed by atoms with Crippen molar-refractivity contribution < 1.29 is 8.83 Å². The molecule has 7 heteroatoms. The monoisotopic (exact) mass is 964 g/mol. The molecule has 6 heterocycles. The van der Waals surface area contributed by atoms with Crippen LogP contribution in [0.3, 0.4) is 0 Å². The molecule has 15 aromatic rings. The molecule has 0 amide bonds. The van der Waals surface area contributed by atoms with E-state index in [4.69, 9.17) is 8.83 Å². The molecular weight excluding hydrogens is 928 g/mol. The first-order valence-electron chi connectivity index (χ1n) is 24.9. The smallest absolute Gasteiger partial charge is 0.252 e. The fourth-order valence-electron chi connectivity index (χ4n) is 12.7. The van der Waals surface area contributed by atoms with E-state index in [1.165, 1.54) is 68.1 Å². The second kappa shape index (κ2) is 14.8. The van der Waals surface area contributed by atoms with Gasteiger partial charge in [-0.25, -0.2) is 0 Å². The minimum Gasteiger partial charge on any atom is -0.454 e. The van der Waals surface area contributed by atoms with E-state index in [1.54, 1.807) is 0 Å². The Balaban J connectivity index is 1.08. The van der Waals surface area contributed by atoms with Crippen LogP contribution in [0.5, 0.6) is 0 Å². The number of benzene rings is 11. The summed E-state index contributed by atoms with van der Waals surface area (Å²) in [5, 5.41) is 9.39. The van der Waals surface area contributed by atoms with Gasteiger partial charge in [0.1, 0.15) is 11.2 Å². The van der Waals surface area contributed by atoms with Gasteiger partial charge in [-0.15, -0.1) is 22.7 Å². The summed E-state index contributed by atoms with van der Waals surface area (Å²) >= 11 is 3.74. The van der Waals surface area contributed by atoms with Crippen LogP contribution < -0.4 is 26.2 Å². The molecular formula is C66H37BN2O2S2. The van der Waals surface area contributed by atoms with Crippen LogP contribution >= 0.6 is 22.7 Å². The summed E-state index contributed by atoms with van der Waals surface area (Å²) in [6.45, 7) is -0.139. The van der Waals surface area contributed by atoms with Crippen LogP contribution in [0.1, 0.15) is 0 Å². The number of anilines is 6. The Kier molecular flexibility index (Phi) is 8.09. The first-order chi connectivity index (χ1) is 36.2. The lowest BCUT2D eigenvalue weighted by atomic mass is 9.33. The van der Waals surface area contributed by atoms with Gasteiger partial charge in [-0.3, -0.25) is 0 Å². The fourth-order valence-corrected chi connectivity index (χ4v) is 14.9. The molecule has 0 N–H and O–H groups in total. The third kappa shape index (κ3) is 5.39. The second-order valence-corrected chi connectivity index (χ2v) is 21.5. The molecule has 0 aliphatic carbocycles. The van der Waals surface area contributed by atoms with Gasteiger partial charge in [0.2, 0.25) is 0 Å². The van der Waals surface area contributed by atoms with Gasteiger partial charge in [0.05, 0.1) is 22.7 Å². The average molecular weight is 965 g/mol. The summed E-state index contributed by atoms with van der Waals surface area (Å²) in [4.78, 5) is 5.20. The summed E-state index contributed by atoms with van der Waals surface area (Å²) in [5.74, 6) is 0. The molecule has 2 aliphatic heterocycles. The molecule has 0 unspecified atom stereocenters. The summed E-state index contributed by atoms with van der Waals surface area (Å²) < 4.78 is 19.5. The third-order valence-corrected chi connectivity index (χ3v) is 17.9. The Morgan fingerprint density at radius 1 is 0.315 bits per heavy atom. The van der Waals surface area contributed by atoms with E-state index < -0.39 is 0 Å². The first kappa shape index (κ1) is 39.8. The van der Waals surface area contributed by atoms with Gasteiger partial charge in [0.25, 0.3) is 6.71 Å². The lowest BCUT2D eigenvalue weighted by Gasteiger charge is -2.45. The molecule has 0 radical (unpaired) electrons. The molecule has 338 valence electrons. The van der Waals surface area contributed by atoms with E-state index in [0.717, 1.165) is 88.9 Å². The van der Waals surface area contributed by atoms with E-state index >= 15 is 0 Å². The number of para-hydroxylation sites is 2. The van der Waals surface area contributed by atoms with Gasteiger partial charge in [-0.05, 0) is 88.2 Å². The van der Waals surface area contributed by atoms with Crippen molar-refractivity contribution in [2.45, 2.75) is 0 Å². The Bertz CT molecular complexity index is 4540. The number of hydrogen-bond donors (Lipinski definition) is 0. The van der Waals surface area contributed by atoms with Crippen LogP contribution in [-0.4, -0.2) is 6.71 Å². The molecule has 4 nitrogen and oxygen atoms in total. The maximum atomic E-state index is 7.22. The maximum absolute atomic E-state index is 7.22. The van der Waals surface area contributed by atoms with E-state index in [2.05, 4.69) is 234 Å². The van der Waals surface area contributed by atoms with E-state index in [-0.39, 0.29) is 6.71 Å². The zero-order valence-electron chi connectivity index (χ0n) is 39.0. The van der Waals surface area contributed by atoms with Gasteiger partial charge in [-0.2, -0.15) is 0 Å². The lowest BCUT2D eigenvalue weighted by Crippen LogP contribution is -2.61. The molecule has 17 rings (SSSR count). The quantitative estimate of drug-likeness (QED) is 0.165. The molecule has 0 fully saturated rings. The van der Waals surface area contributed by atoms with E-state index in [0.29, 0.717) is 0 Å². The Morgan fingerprint density at radius 3 is 1.22 bits per heavy atom. The van der Waals surface area contributed by atoms with Gasteiger partial charge >= 0.3 is 0 Å². The number of hydrogen-bond acceptors (Lipinski definition) is 6. The summed E-state index contributed by atoms with van der Waals surface area (Å²) in [7, 11) is 0. The zero-order valence-corrected chi connectivity index (χ0v) is 40.6. The zero-order chi connectivity index (χ0) is 47.5. The minimum atomic E-state index is -0.139. The van der Waals surface area contributed by atoms with Crippen molar-refractivity contribution in [2.75, 3.05) is 9.80 Å². The summed E-state index contributed by atoms with van der Waals surface area (Å²) in [6, 6.07) is 82.4. The number of fused-ring (bicyclic) bond motifs is 18. The number of rotatable bonds is 4. The van der Waals surface area contributed by atoms with Crippen LogP contribution in [0.25, 0.3) is 106 Å². The molecule has 4 aromatic heterocycles. The molecule has 2 aliphatic rings. The van der Waals surface area contributed by atoms with E-state index in [9.17, 15) is 0 Å². The molecule has 0 saturated carbocycles. The maximum Gasteiger partial charge on any atom is 0.252 e. The Labute approximate surface area is 426 Å². The van der Waals surface area contributed by atoms with Crippen LogP contribution in [-0.2, 0) is 0 Å². The Morgan fingerprint density at radius 2 is 0.740 bits per heavy atom. The number of thiophene rings is 2. The highest BCUT2D eigenvalue weighted by molar-refractivity contribution is 7.26. The molecule has 11 aromatic carbocycles. The first-order valence-corrected chi connectivity index (χ1v) is 26.5. The third-order valence-electron chi connectivity index (χ3n) is 15.7. The van der Waals surface area contributed by atoms with Crippen molar-refractivity contribution >= 4 is 164 Å². The predicted molar refractivity (Wildman–Crippen MR) is 312 cm³/mol. The van der Waals surface area contributed by atoms with Gasteiger partial charge in [0.15, 0.2) is 11.2 Å². The lowest BCUT2D eigenvalue weighted by molar-refractivity contribution is 0.669. The topological polar surface area (TPSA) is 32.8 Å². The van der Waals surface area contributed by atoms with Crippen molar-refractivity contribution in [1.82, 2.24) is 0 Å². The fraction of sp³-hybridized carbons (Fsp3) is 0. The number of furan rings is 2. The summed E-state index contributed by atoms with van der Waals surface area (Å²) in [6.07, 6.45) is 0. The minimum absolute atomic E-state index is 0.139. The van der Waals surface area contributed by atoms with Crippen LogP contribution in [0.4, 0.5) is 34.1 Å². The van der Waals surface area contributed by atoms with Crippen LogP contribution in [0.15, 0.2) is 233 Å². The molecule has 73 heavy (non-hydrogen) atoms. The SMILES string of the molecule is c1ccc(-c2ccc3c(oc4ccccc43)c2N2c3cccc4c3B(c3ccc5sc6ccccc6c5c32)c2ccc3sc5ccccc5c3c2N4c2c(-c3ccccc3)ccc3c2oc2ccccc23)cc1. The Hall–Kier alpha value is -8.88. The van der Waals surface area contributed by atoms with Crippen molar-refractivity contribution in [3.05, 3.63) is 224 Å². The molecule has 0 bridgehead atoms. The second-order valence-electron chi connectivity index (χ2n) is 19.4. The van der Waals surface area contributed by atoms with E-state index in [1.807, 2.05) is 22.7 Å². The molecule has 0 saturated heterocycles. The normalized spacial score (nSPS) is 13.1. The largest absolute Gasteiger partial charge is 0.454 e.